The van der Waals surface area contributed by atoms with Gasteiger partial charge in [-0.1, -0.05) is 17.7 Å². The van der Waals surface area contributed by atoms with Crippen molar-refractivity contribution < 1.29 is 4.74 Å². The summed E-state index contributed by atoms with van der Waals surface area (Å²) in [6, 6.07) is 5.46. The van der Waals surface area contributed by atoms with Gasteiger partial charge in [-0.05, 0) is 24.6 Å². The Bertz CT molecular complexity index is 771. The molecule has 2 N–H and O–H groups in total. The Kier molecular flexibility index (Phi) is 3.15. The van der Waals surface area contributed by atoms with Gasteiger partial charge in [0.15, 0.2) is 5.65 Å². The van der Waals surface area contributed by atoms with E-state index in [1.807, 2.05) is 19.1 Å². The van der Waals surface area contributed by atoms with Crippen molar-refractivity contribution in [3.8, 4) is 11.6 Å². The van der Waals surface area contributed by atoms with E-state index in [0.717, 1.165) is 5.56 Å². The molecule has 0 radical (unpaired) electrons. The second-order valence-corrected chi connectivity index (χ2v) is 4.65. The number of ether oxygens (including phenoxy) is 1. The molecule has 0 saturated carbocycles. The highest BCUT2D eigenvalue weighted by molar-refractivity contribution is 6.30. The van der Waals surface area contributed by atoms with Crippen LogP contribution < -0.4 is 10.1 Å². The van der Waals surface area contributed by atoms with Crippen molar-refractivity contribution in [2.75, 3.05) is 12.4 Å². The Balaban J connectivity index is 2.09. The summed E-state index contributed by atoms with van der Waals surface area (Å²) in [6.07, 6.45) is 1.55. The summed E-state index contributed by atoms with van der Waals surface area (Å²) in [5, 5.41) is 3.48. The van der Waals surface area contributed by atoms with Crippen molar-refractivity contribution in [1.29, 1.82) is 0 Å². The smallest absolute Gasteiger partial charge is 0.250 e. The lowest BCUT2D eigenvalue weighted by atomic mass is 10.2. The van der Waals surface area contributed by atoms with E-state index in [2.05, 4.69) is 25.3 Å². The van der Waals surface area contributed by atoms with Gasteiger partial charge in [0.1, 0.15) is 11.3 Å². The van der Waals surface area contributed by atoms with Crippen molar-refractivity contribution in [1.82, 2.24) is 19.9 Å². The van der Waals surface area contributed by atoms with Gasteiger partial charge in [-0.2, -0.15) is 9.97 Å². The van der Waals surface area contributed by atoms with Crippen LogP contribution in [0.25, 0.3) is 11.2 Å². The third kappa shape index (κ3) is 2.25. The molecule has 1 aromatic carbocycles. The molecular formula is C13H12ClN5O. The van der Waals surface area contributed by atoms with Crippen LogP contribution in [0.4, 0.5) is 5.95 Å². The number of aromatic amines is 1. The molecule has 0 aliphatic carbocycles. The molecule has 0 bridgehead atoms. The van der Waals surface area contributed by atoms with Crippen LogP contribution in [0.1, 0.15) is 5.56 Å². The average molecular weight is 290 g/mol. The molecule has 3 aromatic rings. The van der Waals surface area contributed by atoms with Crippen LogP contribution in [-0.2, 0) is 0 Å². The van der Waals surface area contributed by atoms with E-state index in [9.17, 15) is 0 Å². The van der Waals surface area contributed by atoms with E-state index in [1.54, 1.807) is 19.4 Å². The monoisotopic (exact) mass is 289 g/mol. The van der Waals surface area contributed by atoms with Crippen LogP contribution in [0.5, 0.6) is 11.6 Å². The summed E-state index contributed by atoms with van der Waals surface area (Å²) in [5.41, 5.74) is 2.15. The topological polar surface area (TPSA) is 75.7 Å². The number of H-pyrrole nitrogens is 1. The first-order chi connectivity index (χ1) is 9.67. The van der Waals surface area contributed by atoms with E-state index < -0.39 is 0 Å². The first-order valence-corrected chi connectivity index (χ1v) is 6.38. The number of aryl methyl sites for hydroxylation is 1. The second kappa shape index (κ2) is 4.97. The van der Waals surface area contributed by atoms with Crippen molar-refractivity contribution in [3.63, 3.8) is 0 Å². The predicted octanol–water partition coefficient (Wildman–Crippen LogP) is 3.15. The molecule has 0 aliphatic rings. The molecule has 20 heavy (non-hydrogen) atoms. The van der Waals surface area contributed by atoms with Gasteiger partial charge in [0, 0.05) is 12.1 Å². The molecule has 0 aliphatic heterocycles. The number of aromatic nitrogens is 4. The molecule has 2 aromatic heterocycles. The number of benzene rings is 1. The summed E-state index contributed by atoms with van der Waals surface area (Å²) in [5.74, 6) is 1.50. The van der Waals surface area contributed by atoms with E-state index in [0.29, 0.717) is 33.8 Å². The third-order valence-corrected chi connectivity index (χ3v) is 3.07. The molecule has 6 nitrogen and oxygen atoms in total. The lowest BCUT2D eigenvalue weighted by molar-refractivity contribution is 0.464. The third-order valence-electron chi connectivity index (χ3n) is 2.83. The zero-order valence-electron chi connectivity index (χ0n) is 10.9. The molecular weight excluding hydrogens is 278 g/mol. The Hall–Kier alpha value is -2.34. The Morgan fingerprint density at radius 3 is 2.95 bits per heavy atom. The summed E-state index contributed by atoms with van der Waals surface area (Å²) in [6.45, 7) is 1.94. The number of imidazole rings is 1. The van der Waals surface area contributed by atoms with Crippen molar-refractivity contribution in [2.45, 2.75) is 6.92 Å². The minimum atomic E-state index is 0.405. The maximum Gasteiger partial charge on any atom is 0.250 e. The largest absolute Gasteiger partial charge is 0.437 e. The first-order valence-electron chi connectivity index (χ1n) is 6.00. The molecule has 0 amide bonds. The first kappa shape index (κ1) is 12.7. The number of anilines is 1. The van der Waals surface area contributed by atoms with Gasteiger partial charge in [-0.3, -0.25) is 0 Å². The highest BCUT2D eigenvalue weighted by Crippen LogP contribution is 2.30. The number of hydrogen-bond donors (Lipinski definition) is 2. The number of nitrogens with one attached hydrogen (secondary N) is 2. The summed E-state index contributed by atoms with van der Waals surface area (Å²) in [7, 11) is 1.74. The lowest BCUT2D eigenvalue weighted by Gasteiger charge is -2.09. The van der Waals surface area contributed by atoms with Crippen molar-refractivity contribution >= 4 is 28.7 Å². The molecule has 7 heteroatoms. The molecule has 0 saturated heterocycles. The Morgan fingerprint density at radius 1 is 1.30 bits per heavy atom. The molecule has 3 rings (SSSR count). The van der Waals surface area contributed by atoms with Crippen molar-refractivity contribution in [3.05, 3.63) is 35.1 Å². The van der Waals surface area contributed by atoms with Crippen LogP contribution in [-0.4, -0.2) is 27.0 Å². The predicted molar refractivity (Wildman–Crippen MR) is 77.5 cm³/mol. The fourth-order valence-electron chi connectivity index (χ4n) is 1.78. The summed E-state index contributed by atoms with van der Waals surface area (Å²) in [4.78, 5) is 15.6. The van der Waals surface area contributed by atoms with Gasteiger partial charge in [-0.15, -0.1) is 0 Å². The van der Waals surface area contributed by atoms with Gasteiger partial charge in [0.25, 0.3) is 5.88 Å². The fourth-order valence-corrected chi connectivity index (χ4v) is 1.94. The van der Waals surface area contributed by atoms with E-state index in [1.165, 1.54) is 0 Å². The van der Waals surface area contributed by atoms with E-state index >= 15 is 0 Å². The maximum atomic E-state index is 5.99. The Labute approximate surface area is 120 Å². The van der Waals surface area contributed by atoms with Gasteiger partial charge in [0.2, 0.25) is 5.95 Å². The fraction of sp³-hybridized carbons (Fsp3) is 0.154. The molecule has 0 unspecified atom stereocenters. The SMILES string of the molecule is CNc1nc(Oc2cc(Cl)ccc2C)c2[nH]cnc2n1. The molecule has 0 atom stereocenters. The van der Waals surface area contributed by atoms with Crippen molar-refractivity contribution in [2.24, 2.45) is 0 Å². The number of fused-ring (bicyclic) bond motifs is 1. The van der Waals surface area contributed by atoms with Gasteiger partial charge in [0.05, 0.1) is 6.33 Å². The van der Waals surface area contributed by atoms with Crippen LogP contribution in [0, 0.1) is 6.92 Å². The standard InChI is InChI=1S/C13H12ClN5O/c1-7-3-4-8(14)5-9(7)20-12-10-11(17-6-16-10)18-13(15-2)19-12/h3-6H,1-2H3,(H2,15,16,17,18,19). The Morgan fingerprint density at radius 2 is 2.15 bits per heavy atom. The zero-order valence-corrected chi connectivity index (χ0v) is 11.7. The van der Waals surface area contributed by atoms with Gasteiger partial charge >= 0.3 is 0 Å². The van der Waals surface area contributed by atoms with E-state index in [4.69, 9.17) is 16.3 Å². The molecule has 102 valence electrons. The highest BCUT2D eigenvalue weighted by atomic mass is 35.5. The van der Waals surface area contributed by atoms with Gasteiger partial charge in [-0.25, -0.2) is 4.98 Å². The minimum Gasteiger partial charge on any atom is -0.437 e. The lowest BCUT2D eigenvalue weighted by Crippen LogP contribution is -2.00. The quantitative estimate of drug-likeness (QED) is 0.774. The van der Waals surface area contributed by atoms with Crippen LogP contribution in [0.3, 0.4) is 0 Å². The summed E-state index contributed by atoms with van der Waals surface area (Å²) >= 11 is 5.99. The number of rotatable bonds is 3. The number of halogens is 1. The number of nitrogens with zero attached hydrogens (tertiary/aromatic N) is 3. The van der Waals surface area contributed by atoms with Crippen LogP contribution in [0.15, 0.2) is 24.5 Å². The second-order valence-electron chi connectivity index (χ2n) is 4.22. The number of hydrogen-bond acceptors (Lipinski definition) is 5. The highest BCUT2D eigenvalue weighted by Gasteiger charge is 2.12. The molecule has 0 fully saturated rings. The van der Waals surface area contributed by atoms with E-state index in [-0.39, 0.29) is 0 Å². The molecule has 2 heterocycles. The van der Waals surface area contributed by atoms with Crippen LogP contribution >= 0.6 is 11.6 Å². The minimum absolute atomic E-state index is 0.405. The van der Waals surface area contributed by atoms with Gasteiger partial charge < -0.3 is 15.0 Å². The molecule has 0 spiro atoms. The maximum absolute atomic E-state index is 5.99. The summed E-state index contributed by atoms with van der Waals surface area (Å²) < 4.78 is 5.86. The van der Waals surface area contributed by atoms with Crippen LogP contribution in [0.2, 0.25) is 5.02 Å². The average Bonchev–Trinajstić information content (AvgIpc) is 2.91. The zero-order chi connectivity index (χ0) is 14.1. The normalized spacial score (nSPS) is 10.8.